The first kappa shape index (κ1) is 66.3. The molecule has 0 spiro atoms. The monoisotopic (exact) mass is 1110 g/mol. The molecule has 17 N–H and O–H groups in total. The second-order valence-electron chi connectivity index (χ2n) is 19.4. The Morgan fingerprint density at radius 1 is 0.571 bits per heavy atom. The smallest absolute Gasteiger partial charge is 0.315 e. The number of carboxylic acid groups (broad SMARTS) is 3. The van der Waals surface area contributed by atoms with Crippen LogP contribution in [0.15, 0.2) is 0 Å². The molecule has 11 amide bonds. The number of aliphatic carboxylic acids is 3. The number of carbonyl (C=O) groups excluding carboxylic acids is 10. The van der Waals surface area contributed by atoms with E-state index in [0.29, 0.717) is 56.7 Å². The third-order valence-corrected chi connectivity index (χ3v) is 14.1. The molecule has 28 nitrogen and oxygen atoms in total. The second kappa shape index (κ2) is 35.5. The van der Waals surface area contributed by atoms with Crippen LogP contribution in [0.25, 0.3) is 0 Å². The first-order valence-electron chi connectivity index (χ1n) is 26.1. The van der Waals surface area contributed by atoms with Crippen LogP contribution in [0, 0.1) is 5.92 Å². The highest BCUT2D eigenvalue weighted by molar-refractivity contribution is 8.00. The average Bonchev–Trinajstić information content (AvgIpc) is 3.90. The molecule has 2 aliphatic rings. The summed E-state index contributed by atoms with van der Waals surface area (Å²) in [5.41, 5.74) is 11.1. The number of hydrogen-bond acceptors (Lipinski definition) is 15. The molecule has 29 heteroatoms. The minimum atomic E-state index is -1.84. The number of carboxylic acids is 3. The van der Waals surface area contributed by atoms with Gasteiger partial charge in [0.25, 0.3) is 0 Å². The van der Waals surface area contributed by atoms with Crippen molar-refractivity contribution in [2.24, 2.45) is 17.4 Å². The molecule has 0 aliphatic carbocycles. The zero-order valence-corrected chi connectivity index (χ0v) is 44.9. The van der Waals surface area contributed by atoms with Crippen LogP contribution in [0.2, 0.25) is 0 Å². The van der Waals surface area contributed by atoms with Crippen molar-refractivity contribution in [1.82, 2.24) is 53.2 Å². The SMILES string of the molecule is CC(=O)N[C@@H](CCCCN)C(=O)N[C@@H](CC(=O)O)C(=O)N[C@@H](CCC(=O)O)C(=O)N[C@H](C(=O)N[C@@H](CC(=O)O)C(=O)N[C@@H](CCCCNC(=O)CCCCCNC(=O)CCCC[C@@H]1SC[C@@H]2NC(=O)N[C@@H]21)C(N)=O)C(C)C. The fourth-order valence-corrected chi connectivity index (χ4v) is 9.98. The lowest BCUT2D eigenvalue weighted by atomic mass is 10.0. The van der Waals surface area contributed by atoms with Gasteiger partial charge < -0.3 is 80.0 Å². The molecule has 434 valence electrons. The highest BCUT2D eigenvalue weighted by Gasteiger charge is 2.42. The van der Waals surface area contributed by atoms with Gasteiger partial charge >= 0.3 is 23.9 Å². The maximum Gasteiger partial charge on any atom is 0.315 e. The topological polar surface area (TPSA) is 455 Å². The molecule has 0 saturated carbocycles. The normalized spacial score (nSPS) is 17.8. The Morgan fingerprint density at radius 2 is 1.06 bits per heavy atom. The zero-order valence-electron chi connectivity index (χ0n) is 44.0. The van der Waals surface area contributed by atoms with E-state index in [9.17, 15) is 77.6 Å². The number of amides is 11. The van der Waals surface area contributed by atoms with Crippen LogP contribution in [0.1, 0.15) is 136 Å². The largest absolute Gasteiger partial charge is 0.481 e. The Balaban J connectivity index is 1.89. The van der Waals surface area contributed by atoms with Crippen molar-refractivity contribution in [2.45, 2.75) is 190 Å². The number of unbranched alkanes of at least 4 members (excludes halogenated alkanes) is 5. The van der Waals surface area contributed by atoms with Crippen molar-refractivity contribution in [3.05, 3.63) is 0 Å². The Hall–Kier alpha value is -6.78. The lowest BCUT2D eigenvalue weighted by molar-refractivity contribution is -0.142. The second-order valence-corrected chi connectivity index (χ2v) is 20.7. The van der Waals surface area contributed by atoms with E-state index >= 15 is 0 Å². The molecule has 0 aromatic heterocycles. The van der Waals surface area contributed by atoms with Crippen molar-refractivity contribution in [2.75, 3.05) is 25.4 Å². The van der Waals surface area contributed by atoms with E-state index < -0.39 is 127 Å². The number of hydrogen-bond donors (Lipinski definition) is 15. The molecule has 9 atom stereocenters. The van der Waals surface area contributed by atoms with Gasteiger partial charge in [0.1, 0.15) is 36.3 Å². The average molecular weight is 1110 g/mol. The molecule has 77 heavy (non-hydrogen) atoms. The number of nitrogens with two attached hydrogens (primary N) is 2. The van der Waals surface area contributed by atoms with Crippen LogP contribution >= 0.6 is 11.8 Å². The molecule has 2 heterocycles. The summed E-state index contributed by atoms with van der Waals surface area (Å²) >= 11 is 1.84. The molecule has 2 saturated heterocycles. The lowest BCUT2D eigenvalue weighted by Gasteiger charge is -2.28. The Morgan fingerprint density at radius 3 is 1.61 bits per heavy atom. The molecule has 0 radical (unpaired) electrons. The molecule has 2 rings (SSSR count). The van der Waals surface area contributed by atoms with E-state index in [1.54, 1.807) is 0 Å². The molecule has 0 aromatic carbocycles. The Bertz CT molecular complexity index is 2070. The van der Waals surface area contributed by atoms with Crippen LogP contribution in [0.3, 0.4) is 0 Å². The van der Waals surface area contributed by atoms with E-state index in [-0.39, 0.29) is 68.7 Å². The van der Waals surface area contributed by atoms with Crippen molar-refractivity contribution < 1.29 is 77.6 Å². The molecular weight excluding hydrogens is 1030 g/mol. The summed E-state index contributed by atoms with van der Waals surface area (Å²) in [5, 5.41) is 54.3. The Labute approximate surface area is 451 Å². The number of fused-ring (bicyclic) bond motifs is 1. The maximum atomic E-state index is 13.7. The number of nitrogens with one attached hydrogen (secondary N) is 10. The molecule has 2 aliphatic heterocycles. The third-order valence-electron chi connectivity index (χ3n) is 12.6. The van der Waals surface area contributed by atoms with Gasteiger partial charge in [-0.2, -0.15) is 11.8 Å². The summed E-state index contributed by atoms with van der Waals surface area (Å²) in [6, 6.07) is -9.30. The minimum Gasteiger partial charge on any atom is -0.481 e. The molecule has 0 bridgehead atoms. The summed E-state index contributed by atoms with van der Waals surface area (Å²) in [6.45, 7) is 5.07. The first-order chi connectivity index (χ1) is 36.4. The van der Waals surface area contributed by atoms with Gasteiger partial charge in [0, 0.05) is 50.3 Å². The predicted molar refractivity (Wildman–Crippen MR) is 278 cm³/mol. The van der Waals surface area contributed by atoms with E-state index in [4.69, 9.17) is 11.5 Å². The van der Waals surface area contributed by atoms with E-state index in [0.717, 1.165) is 31.9 Å². The fraction of sp³-hybridized carbons (Fsp3) is 0.729. The fourth-order valence-electron chi connectivity index (χ4n) is 8.43. The van der Waals surface area contributed by atoms with Gasteiger partial charge in [-0.05, 0) is 83.1 Å². The highest BCUT2D eigenvalue weighted by Crippen LogP contribution is 2.33. The van der Waals surface area contributed by atoms with Crippen LogP contribution in [0.5, 0.6) is 0 Å². The number of rotatable bonds is 40. The van der Waals surface area contributed by atoms with Crippen molar-refractivity contribution in [1.29, 1.82) is 0 Å². The van der Waals surface area contributed by atoms with Crippen molar-refractivity contribution in [3.63, 3.8) is 0 Å². The maximum absolute atomic E-state index is 13.7. The van der Waals surface area contributed by atoms with E-state index in [1.807, 2.05) is 11.8 Å². The zero-order chi connectivity index (χ0) is 57.6. The third kappa shape index (κ3) is 26.7. The standard InChI is InChI=1S/C48H80N12O16S/c1-26(2)40(59-44(72)30(18-19-37(64)65)55-46(74)31(23-38(66)67)56-43(71)29(53-27(3)61)14-8-10-20-49)47(75)57-32(24-39(68)69)45(73)54-28(42(50)70)13-9-12-22-52-35(62)16-5-4-11-21-51-36(63)17-7-6-15-34-41-33(25-77-34)58-48(76)60-41/h26,28-34,40-41H,4-25,49H2,1-3H3,(H2,50,70)(H,51,63)(H,52,62)(H,53,61)(H,54,73)(H,55,74)(H,56,71)(H,57,75)(H,59,72)(H,64,65)(H,66,67)(H,68,69)(H2,58,60,76)/t28-,29-,30-,31-,32-,33-,34-,40-,41-/m0/s1. The van der Waals surface area contributed by atoms with Crippen molar-refractivity contribution >= 4 is 88.9 Å². The quantitative estimate of drug-likeness (QED) is 0.0226. The number of carbonyl (C=O) groups is 13. The number of thioether (sulfide) groups is 1. The molecule has 2 fully saturated rings. The van der Waals surface area contributed by atoms with Crippen LogP contribution in [-0.2, 0) is 57.5 Å². The van der Waals surface area contributed by atoms with Gasteiger partial charge in [-0.1, -0.05) is 26.7 Å². The molecule has 0 aromatic rings. The van der Waals surface area contributed by atoms with E-state index in [1.165, 1.54) is 13.8 Å². The summed E-state index contributed by atoms with van der Waals surface area (Å²) in [6.07, 6.45) is 3.50. The summed E-state index contributed by atoms with van der Waals surface area (Å²) in [4.78, 5) is 163. The van der Waals surface area contributed by atoms with Gasteiger partial charge in [0.15, 0.2) is 0 Å². The van der Waals surface area contributed by atoms with E-state index in [2.05, 4.69) is 53.2 Å². The first-order valence-corrected chi connectivity index (χ1v) is 27.1. The summed E-state index contributed by atoms with van der Waals surface area (Å²) in [7, 11) is 0. The highest BCUT2D eigenvalue weighted by atomic mass is 32.2. The van der Waals surface area contributed by atoms with Gasteiger partial charge in [0.05, 0.1) is 24.9 Å². The Kier molecular flexibility index (Phi) is 30.6. The number of urea groups is 1. The molecular formula is C48H80N12O16S. The van der Waals surface area contributed by atoms with Crippen molar-refractivity contribution in [3.8, 4) is 0 Å². The van der Waals surface area contributed by atoms with Gasteiger partial charge in [-0.15, -0.1) is 0 Å². The molecule has 0 unspecified atom stereocenters. The lowest BCUT2D eigenvalue weighted by Crippen LogP contribution is -2.60. The summed E-state index contributed by atoms with van der Waals surface area (Å²) < 4.78 is 0. The van der Waals surface area contributed by atoms with Crippen LogP contribution < -0.4 is 64.6 Å². The number of primary amides is 1. The van der Waals surface area contributed by atoms with Gasteiger partial charge in [-0.3, -0.25) is 57.5 Å². The summed E-state index contributed by atoms with van der Waals surface area (Å²) in [5.74, 6) is -11.7. The minimum absolute atomic E-state index is 0.0238. The predicted octanol–water partition coefficient (Wildman–Crippen LogP) is -2.31. The van der Waals surface area contributed by atoms with Gasteiger partial charge in [-0.25, -0.2) is 4.79 Å². The van der Waals surface area contributed by atoms with Gasteiger partial charge in [0.2, 0.25) is 53.2 Å². The van der Waals surface area contributed by atoms with Crippen LogP contribution in [0.4, 0.5) is 4.79 Å². The van der Waals surface area contributed by atoms with Crippen LogP contribution in [-0.4, -0.2) is 171 Å².